The fourth-order valence-electron chi connectivity index (χ4n) is 3.56. The van der Waals surface area contributed by atoms with Gasteiger partial charge in [-0.15, -0.1) is 0 Å². The molecule has 7 heteroatoms. The highest BCUT2D eigenvalue weighted by atomic mass is 16.5. The van der Waals surface area contributed by atoms with Gasteiger partial charge in [0.15, 0.2) is 0 Å². The molecule has 2 amide bonds. The van der Waals surface area contributed by atoms with Crippen LogP contribution < -0.4 is 5.32 Å². The van der Waals surface area contributed by atoms with Crippen LogP contribution in [0, 0.1) is 13.8 Å². The number of hydrogen-bond donors (Lipinski definition) is 2. The molecule has 2 aromatic rings. The molecule has 142 valence electrons. The molecule has 2 N–H and O–H groups in total. The van der Waals surface area contributed by atoms with E-state index in [1.165, 1.54) is 7.11 Å². The molecule has 27 heavy (non-hydrogen) atoms. The van der Waals surface area contributed by atoms with Gasteiger partial charge >= 0.3 is 5.97 Å². The van der Waals surface area contributed by atoms with Crippen molar-refractivity contribution < 1.29 is 19.1 Å². The second kappa shape index (κ2) is 7.65. The summed E-state index contributed by atoms with van der Waals surface area (Å²) in [5, 5.41) is 2.82. The molecule has 0 spiro atoms. The molecule has 1 saturated heterocycles. The fraction of sp³-hybridized carbons (Fsp3) is 0.350. The van der Waals surface area contributed by atoms with Gasteiger partial charge in [0.05, 0.1) is 25.1 Å². The molecule has 1 aromatic carbocycles. The van der Waals surface area contributed by atoms with Crippen LogP contribution in [0.1, 0.15) is 50.1 Å². The Morgan fingerprint density at radius 2 is 1.89 bits per heavy atom. The van der Waals surface area contributed by atoms with Gasteiger partial charge in [0.1, 0.15) is 5.69 Å². The third-order valence-corrected chi connectivity index (χ3v) is 4.92. The Balaban J connectivity index is 2.01. The monoisotopic (exact) mass is 369 g/mol. The van der Waals surface area contributed by atoms with E-state index in [1.54, 1.807) is 18.7 Å². The number of hydrogen-bond acceptors (Lipinski definition) is 4. The summed E-state index contributed by atoms with van der Waals surface area (Å²) in [4.78, 5) is 42.2. The van der Waals surface area contributed by atoms with Crippen LogP contribution in [0.2, 0.25) is 0 Å². The minimum Gasteiger partial charge on any atom is -0.465 e. The number of H-pyrrole nitrogens is 1. The second-order valence-corrected chi connectivity index (χ2v) is 6.60. The Hall–Kier alpha value is -3.09. The van der Waals surface area contributed by atoms with E-state index in [1.807, 2.05) is 30.3 Å². The number of aromatic amines is 1. The van der Waals surface area contributed by atoms with Gasteiger partial charge in [-0.25, -0.2) is 4.79 Å². The van der Waals surface area contributed by atoms with Crippen LogP contribution in [0.5, 0.6) is 0 Å². The average Bonchev–Trinajstić information content (AvgIpc) is 2.84. The molecule has 1 aromatic heterocycles. The number of methoxy groups -OCH3 is 1. The summed E-state index contributed by atoms with van der Waals surface area (Å²) in [5.41, 5.74) is 2.77. The minimum absolute atomic E-state index is 0.0891. The number of carbonyl (C=O) groups excluding carboxylic acids is 3. The Kier molecular flexibility index (Phi) is 5.30. The van der Waals surface area contributed by atoms with Gasteiger partial charge in [-0.1, -0.05) is 30.3 Å². The number of esters is 1. The maximum Gasteiger partial charge on any atom is 0.339 e. The topological polar surface area (TPSA) is 91.5 Å². The highest BCUT2D eigenvalue weighted by Gasteiger charge is 2.33. The third-order valence-electron chi connectivity index (χ3n) is 4.92. The van der Waals surface area contributed by atoms with Gasteiger partial charge < -0.3 is 19.9 Å². The molecule has 3 rings (SSSR count). The van der Waals surface area contributed by atoms with Crippen LogP contribution in [0.4, 0.5) is 0 Å². The second-order valence-electron chi connectivity index (χ2n) is 6.60. The summed E-state index contributed by atoms with van der Waals surface area (Å²) in [6, 6.07) is 9.13. The number of amides is 2. The smallest absolute Gasteiger partial charge is 0.339 e. The lowest BCUT2D eigenvalue weighted by molar-refractivity contribution is -0.121. The molecule has 1 aliphatic rings. The number of ether oxygens (including phenoxy) is 1. The van der Waals surface area contributed by atoms with E-state index in [0.717, 1.165) is 5.56 Å². The number of rotatable bonds is 3. The van der Waals surface area contributed by atoms with Crippen molar-refractivity contribution in [2.75, 3.05) is 20.2 Å². The number of nitrogens with one attached hydrogen (secondary N) is 2. The number of nitrogens with zero attached hydrogens (tertiary/aromatic N) is 1. The van der Waals surface area contributed by atoms with E-state index in [9.17, 15) is 14.4 Å². The Morgan fingerprint density at radius 1 is 1.19 bits per heavy atom. The van der Waals surface area contributed by atoms with Crippen LogP contribution in [0.25, 0.3) is 0 Å². The lowest BCUT2D eigenvalue weighted by atomic mass is 10.0. The summed E-state index contributed by atoms with van der Waals surface area (Å²) >= 11 is 0. The molecule has 0 bridgehead atoms. The molecule has 0 unspecified atom stereocenters. The summed E-state index contributed by atoms with van der Waals surface area (Å²) in [5.74, 6) is -0.808. The van der Waals surface area contributed by atoms with Crippen molar-refractivity contribution in [3.8, 4) is 0 Å². The van der Waals surface area contributed by atoms with E-state index >= 15 is 0 Å². The maximum absolute atomic E-state index is 13.3. The predicted molar refractivity (Wildman–Crippen MR) is 99.5 cm³/mol. The Morgan fingerprint density at radius 3 is 2.56 bits per heavy atom. The van der Waals surface area contributed by atoms with Gasteiger partial charge in [0.2, 0.25) is 5.91 Å². The van der Waals surface area contributed by atoms with Gasteiger partial charge in [-0.2, -0.15) is 0 Å². The van der Waals surface area contributed by atoms with Crippen molar-refractivity contribution in [2.45, 2.75) is 26.3 Å². The summed E-state index contributed by atoms with van der Waals surface area (Å²) in [7, 11) is 1.31. The van der Waals surface area contributed by atoms with E-state index in [4.69, 9.17) is 4.74 Å². The largest absolute Gasteiger partial charge is 0.465 e. The van der Waals surface area contributed by atoms with Gasteiger partial charge in [0.25, 0.3) is 5.91 Å². The molecule has 2 heterocycles. The normalized spacial score (nSPS) is 17.2. The first kappa shape index (κ1) is 18.7. The van der Waals surface area contributed by atoms with Crippen molar-refractivity contribution in [1.29, 1.82) is 0 Å². The first-order chi connectivity index (χ1) is 12.9. The molecule has 1 atom stereocenters. The van der Waals surface area contributed by atoms with Crippen LogP contribution in [-0.4, -0.2) is 47.9 Å². The Labute approximate surface area is 157 Å². The SMILES string of the molecule is COC(=O)c1c(C)[nH]c(C(=O)N2CCNC(=O)C[C@@H]2c2ccccc2)c1C. The zero-order valence-electron chi connectivity index (χ0n) is 15.7. The molecule has 1 fully saturated rings. The molecule has 0 saturated carbocycles. The first-order valence-corrected chi connectivity index (χ1v) is 8.84. The van der Waals surface area contributed by atoms with Crippen LogP contribution in [0.3, 0.4) is 0 Å². The minimum atomic E-state index is -0.479. The van der Waals surface area contributed by atoms with E-state index in [2.05, 4.69) is 10.3 Å². The zero-order chi connectivity index (χ0) is 19.6. The van der Waals surface area contributed by atoms with Crippen molar-refractivity contribution in [3.05, 3.63) is 58.4 Å². The van der Waals surface area contributed by atoms with Crippen LogP contribution in [-0.2, 0) is 9.53 Å². The summed E-state index contributed by atoms with van der Waals surface area (Å²) in [6.45, 7) is 4.23. The quantitative estimate of drug-likeness (QED) is 0.811. The van der Waals surface area contributed by atoms with E-state index < -0.39 is 5.97 Å². The number of aryl methyl sites for hydroxylation is 1. The van der Waals surface area contributed by atoms with Crippen molar-refractivity contribution >= 4 is 17.8 Å². The standard InChI is InChI=1S/C20H23N3O4/c1-12-17(20(26)27-3)13(2)22-18(12)19(25)23-10-9-21-16(24)11-15(23)14-7-5-4-6-8-14/h4-8,15,22H,9-11H2,1-3H3,(H,21,24)/t15-/m1/s1. The molecular weight excluding hydrogens is 346 g/mol. The highest BCUT2D eigenvalue weighted by Crippen LogP contribution is 2.29. The molecular formula is C20H23N3O4. The average molecular weight is 369 g/mol. The van der Waals surface area contributed by atoms with E-state index in [-0.39, 0.29) is 24.3 Å². The maximum atomic E-state index is 13.3. The summed E-state index contributed by atoms with van der Waals surface area (Å²) in [6.07, 6.45) is 0.193. The van der Waals surface area contributed by atoms with Crippen LogP contribution in [0.15, 0.2) is 30.3 Å². The van der Waals surface area contributed by atoms with Crippen molar-refractivity contribution in [2.24, 2.45) is 0 Å². The molecule has 1 aliphatic heterocycles. The zero-order valence-corrected chi connectivity index (χ0v) is 15.7. The van der Waals surface area contributed by atoms with Gasteiger partial charge in [-0.3, -0.25) is 9.59 Å². The summed E-state index contributed by atoms with van der Waals surface area (Å²) < 4.78 is 4.82. The molecule has 0 aliphatic carbocycles. The number of benzene rings is 1. The fourth-order valence-corrected chi connectivity index (χ4v) is 3.56. The van der Waals surface area contributed by atoms with Gasteiger partial charge in [0, 0.05) is 18.8 Å². The van der Waals surface area contributed by atoms with Crippen molar-refractivity contribution in [1.82, 2.24) is 15.2 Å². The number of aromatic nitrogens is 1. The Bertz CT molecular complexity index is 873. The highest BCUT2D eigenvalue weighted by molar-refractivity contribution is 6.01. The van der Waals surface area contributed by atoms with Crippen molar-refractivity contribution in [3.63, 3.8) is 0 Å². The first-order valence-electron chi connectivity index (χ1n) is 8.84. The number of carbonyl (C=O) groups is 3. The lowest BCUT2D eigenvalue weighted by Gasteiger charge is -2.29. The van der Waals surface area contributed by atoms with Gasteiger partial charge in [-0.05, 0) is 25.0 Å². The van der Waals surface area contributed by atoms with Crippen LogP contribution >= 0.6 is 0 Å². The predicted octanol–water partition coefficient (Wildman–Crippen LogP) is 2.12. The lowest BCUT2D eigenvalue weighted by Crippen LogP contribution is -2.37. The molecule has 0 radical (unpaired) electrons. The third kappa shape index (κ3) is 3.58. The van der Waals surface area contributed by atoms with E-state index in [0.29, 0.717) is 35.6 Å². The molecule has 7 nitrogen and oxygen atoms in total.